The zero-order chi connectivity index (χ0) is 11.2. The fraction of sp³-hybridized carbons (Fsp3) is 0.800. The Balaban J connectivity index is 1.85. The average Bonchev–Trinajstić information content (AvgIpc) is 2.79. The summed E-state index contributed by atoms with van der Waals surface area (Å²) in [5.41, 5.74) is 0. The third-order valence-electron chi connectivity index (χ3n) is 2.49. The molecule has 90 valence electrons. The third-order valence-corrected chi connectivity index (χ3v) is 4.55. The molecule has 1 fully saturated rings. The maximum Gasteiger partial charge on any atom is 0.202 e. The van der Waals surface area contributed by atoms with Crippen LogP contribution < -0.4 is 5.32 Å². The molecule has 1 saturated heterocycles. The van der Waals surface area contributed by atoms with E-state index in [9.17, 15) is 0 Å². The highest BCUT2D eigenvalue weighted by atomic mass is 32.2. The zero-order valence-electron chi connectivity index (χ0n) is 9.44. The molecule has 1 aromatic rings. The first-order valence-electron chi connectivity index (χ1n) is 5.58. The summed E-state index contributed by atoms with van der Waals surface area (Å²) in [5.74, 6) is 2.26. The van der Waals surface area contributed by atoms with Crippen LogP contribution in [-0.2, 0) is 4.74 Å². The monoisotopic (exact) mass is 259 g/mol. The molecular formula is C10H17N3OS2. The molecule has 1 atom stereocenters. The van der Waals surface area contributed by atoms with E-state index in [0.717, 1.165) is 17.5 Å². The second-order valence-electron chi connectivity index (χ2n) is 3.73. The normalized spacial score (nSPS) is 20.9. The van der Waals surface area contributed by atoms with Crippen molar-refractivity contribution < 1.29 is 4.74 Å². The molecule has 0 radical (unpaired) electrons. The second-order valence-corrected chi connectivity index (χ2v) is 5.79. The topological polar surface area (TPSA) is 47.0 Å². The van der Waals surface area contributed by atoms with Gasteiger partial charge in [0.2, 0.25) is 5.13 Å². The van der Waals surface area contributed by atoms with Gasteiger partial charge in [-0.2, -0.15) is 16.1 Å². The SMILES string of the molecule is COCCNc1nc(C2CCCCS2)ns1. The van der Waals surface area contributed by atoms with Crippen molar-refractivity contribution in [3.05, 3.63) is 5.82 Å². The van der Waals surface area contributed by atoms with Gasteiger partial charge in [0.25, 0.3) is 0 Å². The Hall–Kier alpha value is -0.330. The van der Waals surface area contributed by atoms with Gasteiger partial charge in [-0.05, 0) is 18.6 Å². The van der Waals surface area contributed by atoms with Crippen molar-refractivity contribution >= 4 is 28.4 Å². The lowest BCUT2D eigenvalue weighted by Gasteiger charge is -2.17. The predicted molar refractivity (Wildman–Crippen MR) is 69.3 cm³/mol. The quantitative estimate of drug-likeness (QED) is 0.823. The lowest BCUT2D eigenvalue weighted by atomic mass is 10.2. The summed E-state index contributed by atoms with van der Waals surface area (Å²) in [6, 6.07) is 0. The Labute approximate surface area is 104 Å². The van der Waals surface area contributed by atoms with Crippen molar-refractivity contribution in [3.8, 4) is 0 Å². The molecule has 0 aromatic carbocycles. The van der Waals surface area contributed by atoms with Crippen LogP contribution in [-0.4, -0.2) is 35.4 Å². The molecule has 1 aromatic heterocycles. The molecule has 0 spiro atoms. The van der Waals surface area contributed by atoms with Crippen molar-refractivity contribution in [1.29, 1.82) is 0 Å². The first-order valence-corrected chi connectivity index (χ1v) is 7.40. The van der Waals surface area contributed by atoms with Crippen LogP contribution in [0.1, 0.15) is 30.3 Å². The van der Waals surface area contributed by atoms with Gasteiger partial charge in [-0.15, -0.1) is 0 Å². The first-order chi connectivity index (χ1) is 7.90. The van der Waals surface area contributed by atoms with Gasteiger partial charge >= 0.3 is 0 Å². The smallest absolute Gasteiger partial charge is 0.202 e. The molecule has 0 saturated carbocycles. The molecule has 0 aliphatic carbocycles. The number of nitrogens with zero attached hydrogens (tertiary/aromatic N) is 2. The van der Waals surface area contributed by atoms with Crippen LogP contribution >= 0.6 is 23.3 Å². The van der Waals surface area contributed by atoms with Gasteiger partial charge < -0.3 is 10.1 Å². The number of nitrogens with one attached hydrogen (secondary N) is 1. The molecule has 6 heteroatoms. The van der Waals surface area contributed by atoms with Gasteiger partial charge in [-0.25, -0.2) is 4.98 Å². The molecule has 2 rings (SSSR count). The number of aromatic nitrogens is 2. The van der Waals surface area contributed by atoms with Crippen LogP contribution in [0.2, 0.25) is 0 Å². The number of methoxy groups -OCH3 is 1. The summed E-state index contributed by atoms with van der Waals surface area (Å²) in [7, 11) is 1.70. The van der Waals surface area contributed by atoms with Gasteiger partial charge in [0.05, 0.1) is 11.9 Å². The zero-order valence-corrected chi connectivity index (χ0v) is 11.1. The molecule has 1 N–H and O–H groups in total. The predicted octanol–water partition coefficient (Wildman–Crippen LogP) is 2.55. The highest BCUT2D eigenvalue weighted by molar-refractivity contribution is 7.99. The Morgan fingerprint density at radius 3 is 3.19 bits per heavy atom. The minimum atomic E-state index is 0.517. The van der Waals surface area contributed by atoms with Crippen molar-refractivity contribution in [2.75, 3.05) is 31.3 Å². The fourth-order valence-electron chi connectivity index (χ4n) is 1.64. The minimum Gasteiger partial charge on any atom is -0.383 e. The molecule has 4 nitrogen and oxygen atoms in total. The largest absolute Gasteiger partial charge is 0.383 e. The molecule has 0 bridgehead atoms. The summed E-state index contributed by atoms with van der Waals surface area (Å²) in [6.45, 7) is 1.50. The van der Waals surface area contributed by atoms with Crippen LogP contribution in [0.25, 0.3) is 0 Å². The van der Waals surface area contributed by atoms with Crippen molar-refractivity contribution in [2.45, 2.75) is 24.5 Å². The van der Waals surface area contributed by atoms with Crippen LogP contribution in [0.4, 0.5) is 5.13 Å². The van der Waals surface area contributed by atoms with E-state index in [1.54, 1.807) is 7.11 Å². The molecule has 1 aliphatic rings. The lowest BCUT2D eigenvalue weighted by molar-refractivity contribution is 0.211. The molecule has 16 heavy (non-hydrogen) atoms. The van der Waals surface area contributed by atoms with Gasteiger partial charge in [0, 0.05) is 25.2 Å². The maximum atomic E-state index is 4.98. The van der Waals surface area contributed by atoms with Gasteiger partial charge in [0.15, 0.2) is 5.82 Å². The molecular weight excluding hydrogens is 242 g/mol. The van der Waals surface area contributed by atoms with Gasteiger partial charge in [0.1, 0.15) is 0 Å². The van der Waals surface area contributed by atoms with Crippen molar-refractivity contribution in [3.63, 3.8) is 0 Å². The van der Waals surface area contributed by atoms with Crippen LogP contribution in [0.15, 0.2) is 0 Å². The number of ether oxygens (including phenoxy) is 1. The first kappa shape index (κ1) is 12.1. The van der Waals surface area contributed by atoms with E-state index >= 15 is 0 Å². The van der Waals surface area contributed by atoms with Crippen LogP contribution in [0.5, 0.6) is 0 Å². The fourth-order valence-corrected chi connectivity index (χ4v) is 3.60. The van der Waals surface area contributed by atoms with Crippen LogP contribution in [0.3, 0.4) is 0 Å². The number of hydrogen-bond acceptors (Lipinski definition) is 6. The Morgan fingerprint density at radius 1 is 1.50 bits per heavy atom. The van der Waals surface area contributed by atoms with E-state index in [1.807, 2.05) is 11.8 Å². The third kappa shape index (κ3) is 3.33. The number of anilines is 1. The highest BCUT2D eigenvalue weighted by Crippen LogP contribution is 2.37. The summed E-state index contributed by atoms with van der Waals surface area (Å²) in [6.07, 6.45) is 3.87. The molecule has 1 unspecified atom stereocenters. The highest BCUT2D eigenvalue weighted by Gasteiger charge is 2.20. The van der Waals surface area contributed by atoms with Gasteiger partial charge in [-0.1, -0.05) is 6.42 Å². The van der Waals surface area contributed by atoms with E-state index in [4.69, 9.17) is 4.74 Å². The summed E-state index contributed by atoms with van der Waals surface area (Å²) in [5, 5.41) is 4.65. The average molecular weight is 259 g/mol. The molecule has 2 heterocycles. The van der Waals surface area contributed by atoms with E-state index in [1.165, 1.54) is 36.5 Å². The van der Waals surface area contributed by atoms with E-state index in [0.29, 0.717) is 11.9 Å². The lowest BCUT2D eigenvalue weighted by Crippen LogP contribution is -2.08. The molecule has 0 amide bonds. The van der Waals surface area contributed by atoms with Crippen LogP contribution in [0, 0.1) is 0 Å². The number of rotatable bonds is 5. The number of hydrogen-bond donors (Lipinski definition) is 1. The second kappa shape index (κ2) is 6.42. The minimum absolute atomic E-state index is 0.517. The summed E-state index contributed by atoms with van der Waals surface area (Å²) >= 11 is 3.44. The summed E-state index contributed by atoms with van der Waals surface area (Å²) in [4.78, 5) is 4.53. The summed E-state index contributed by atoms with van der Waals surface area (Å²) < 4.78 is 9.40. The maximum absolute atomic E-state index is 4.98. The van der Waals surface area contributed by atoms with Crippen molar-refractivity contribution in [2.24, 2.45) is 0 Å². The van der Waals surface area contributed by atoms with E-state index in [-0.39, 0.29) is 0 Å². The Kier molecular flexibility index (Phi) is 4.87. The van der Waals surface area contributed by atoms with Crippen molar-refractivity contribution in [1.82, 2.24) is 9.36 Å². The Bertz CT molecular complexity index is 313. The van der Waals surface area contributed by atoms with E-state index < -0.39 is 0 Å². The number of thioether (sulfide) groups is 1. The standard InChI is InChI=1S/C10H17N3OS2/c1-14-6-5-11-10-12-9(13-16-10)8-4-2-3-7-15-8/h8H,2-7H2,1H3,(H,11,12,13). The Morgan fingerprint density at radius 2 is 2.44 bits per heavy atom. The van der Waals surface area contributed by atoms with Gasteiger partial charge in [-0.3, -0.25) is 0 Å². The van der Waals surface area contributed by atoms with E-state index in [2.05, 4.69) is 14.7 Å². The molecule has 1 aliphatic heterocycles.